The Balaban J connectivity index is 2.41. The predicted molar refractivity (Wildman–Crippen MR) is 61.6 cm³/mol. The van der Waals surface area contributed by atoms with Gasteiger partial charge in [0.25, 0.3) is 0 Å². The van der Waals surface area contributed by atoms with Gasteiger partial charge in [-0.05, 0) is 18.6 Å². The molecule has 0 aliphatic carbocycles. The molecular weight excluding hydrogens is 204 g/mol. The molecule has 2 nitrogen and oxygen atoms in total. The molecule has 1 aromatic carbocycles. The average Bonchev–Trinajstić information content (AvgIpc) is 2.78. The summed E-state index contributed by atoms with van der Waals surface area (Å²) in [7, 11) is 0. The van der Waals surface area contributed by atoms with Crippen molar-refractivity contribution in [3.05, 3.63) is 40.2 Å². The van der Waals surface area contributed by atoms with Gasteiger partial charge in [-0.3, -0.25) is 0 Å². The molecule has 1 heterocycles. The zero-order chi connectivity index (χ0) is 10.7. The van der Waals surface area contributed by atoms with Gasteiger partial charge in [-0.25, -0.2) is 4.98 Å². The van der Waals surface area contributed by atoms with E-state index in [9.17, 15) is 0 Å². The minimum atomic E-state index is 0.679. The zero-order valence-electron chi connectivity index (χ0n) is 8.40. The smallest absolute Gasteiger partial charge is 0.0991 e. The van der Waals surface area contributed by atoms with Gasteiger partial charge in [-0.2, -0.15) is 5.26 Å². The van der Waals surface area contributed by atoms with Gasteiger partial charge in [0.05, 0.1) is 22.3 Å². The van der Waals surface area contributed by atoms with Crippen LogP contribution in [0.2, 0.25) is 0 Å². The number of hydrogen-bond acceptors (Lipinski definition) is 3. The maximum absolute atomic E-state index is 8.79. The fourth-order valence-electron chi connectivity index (χ4n) is 1.35. The summed E-state index contributed by atoms with van der Waals surface area (Å²) in [4.78, 5) is 4.48. The monoisotopic (exact) mass is 214 g/mol. The lowest BCUT2D eigenvalue weighted by molar-refractivity contribution is 1.10. The summed E-state index contributed by atoms with van der Waals surface area (Å²) in [5.41, 5.74) is 2.66. The molecule has 0 saturated heterocycles. The molecule has 15 heavy (non-hydrogen) atoms. The van der Waals surface area contributed by atoms with Gasteiger partial charge in [0.1, 0.15) is 0 Å². The minimum Gasteiger partial charge on any atom is -0.241 e. The van der Waals surface area contributed by atoms with E-state index in [4.69, 9.17) is 5.26 Å². The van der Waals surface area contributed by atoms with Crippen LogP contribution in [0, 0.1) is 11.3 Å². The fourth-order valence-corrected chi connectivity index (χ4v) is 2.11. The number of aryl methyl sites for hydroxylation is 1. The molecule has 0 spiro atoms. The standard InChI is InChI=1S/C12H10N2S/c1-2-12-14-11(8-15-12)10-5-3-4-9(6-10)7-13/h3-6,8H,2H2,1H3. The largest absolute Gasteiger partial charge is 0.241 e. The second kappa shape index (κ2) is 4.24. The van der Waals surface area contributed by atoms with Crippen LogP contribution in [0.1, 0.15) is 17.5 Å². The summed E-state index contributed by atoms with van der Waals surface area (Å²) in [5.74, 6) is 0. The van der Waals surface area contributed by atoms with Crippen LogP contribution in [0.15, 0.2) is 29.6 Å². The molecule has 0 aliphatic heterocycles. The lowest BCUT2D eigenvalue weighted by atomic mass is 10.1. The Hall–Kier alpha value is -1.66. The topological polar surface area (TPSA) is 36.7 Å². The lowest BCUT2D eigenvalue weighted by Gasteiger charge is -1.96. The van der Waals surface area contributed by atoms with Crippen molar-refractivity contribution < 1.29 is 0 Å². The summed E-state index contributed by atoms with van der Waals surface area (Å²) in [6.45, 7) is 2.09. The zero-order valence-corrected chi connectivity index (χ0v) is 9.21. The van der Waals surface area contributed by atoms with E-state index in [0.717, 1.165) is 22.7 Å². The third-order valence-corrected chi connectivity index (χ3v) is 3.13. The second-order valence-electron chi connectivity index (χ2n) is 3.17. The van der Waals surface area contributed by atoms with Crippen molar-refractivity contribution in [3.63, 3.8) is 0 Å². The summed E-state index contributed by atoms with van der Waals surface area (Å²) in [6, 6.07) is 9.67. The Bertz CT molecular complexity index is 508. The van der Waals surface area contributed by atoms with E-state index < -0.39 is 0 Å². The van der Waals surface area contributed by atoms with Crippen LogP contribution >= 0.6 is 11.3 Å². The first-order valence-corrected chi connectivity index (χ1v) is 5.66. The predicted octanol–water partition coefficient (Wildman–Crippen LogP) is 3.24. The Kier molecular flexibility index (Phi) is 2.79. The summed E-state index contributed by atoms with van der Waals surface area (Å²) in [5, 5.41) is 12.0. The van der Waals surface area contributed by atoms with Crippen LogP contribution in [0.25, 0.3) is 11.3 Å². The molecule has 3 heteroatoms. The van der Waals surface area contributed by atoms with Gasteiger partial charge in [0.2, 0.25) is 0 Å². The first-order chi connectivity index (χ1) is 7.33. The van der Waals surface area contributed by atoms with E-state index in [1.807, 2.05) is 23.6 Å². The van der Waals surface area contributed by atoms with E-state index in [2.05, 4.69) is 18.0 Å². The van der Waals surface area contributed by atoms with Gasteiger partial charge >= 0.3 is 0 Å². The van der Waals surface area contributed by atoms with Crippen molar-refractivity contribution >= 4 is 11.3 Å². The molecule has 0 unspecified atom stereocenters. The van der Waals surface area contributed by atoms with Crippen LogP contribution in [0.3, 0.4) is 0 Å². The van der Waals surface area contributed by atoms with E-state index in [1.54, 1.807) is 17.4 Å². The van der Waals surface area contributed by atoms with Crippen LogP contribution < -0.4 is 0 Å². The highest BCUT2D eigenvalue weighted by atomic mass is 32.1. The van der Waals surface area contributed by atoms with E-state index in [-0.39, 0.29) is 0 Å². The van der Waals surface area contributed by atoms with Gasteiger partial charge < -0.3 is 0 Å². The van der Waals surface area contributed by atoms with Crippen LogP contribution in [0.5, 0.6) is 0 Å². The van der Waals surface area contributed by atoms with Crippen LogP contribution in [0.4, 0.5) is 0 Å². The number of thiazole rings is 1. The highest BCUT2D eigenvalue weighted by Crippen LogP contribution is 2.22. The van der Waals surface area contributed by atoms with Crippen molar-refractivity contribution in [2.24, 2.45) is 0 Å². The molecule has 0 fully saturated rings. The first-order valence-electron chi connectivity index (χ1n) is 4.78. The molecule has 74 valence electrons. The number of hydrogen-bond donors (Lipinski definition) is 0. The van der Waals surface area contributed by atoms with E-state index in [0.29, 0.717) is 5.56 Å². The SMILES string of the molecule is CCc1nc(-c2cccc(C#N)c2)cs1. The lowest BCUT2D eigenvalue weighted by Crippen LogP contribution is -1.81. The van der Waals surface area contributed by atoms with Gasteiger partial charge in [-0.15, -0.1) is 11.3 Å². The van der Waals surface area contributed by atoms with E-state index >= 15 is 0 Å². The van der Waals surface area contributed by atoms with Gasteiger partial charge in [0.15, 0.2) is 0 Å². The first kappa shape index (κ1) is 9.88. The molecule has 0 atom stereocenters. The molecule has 0 radical (unpaired) electrons. The maximum Gasteiger partial charge on any atom is 0.0991 e. The molecule has 1 aromatic heterocycles. The molecule has 2 rings (SSSR count). The number of benzene rings is 1. The van der Waals surface area contributed by atoms with Gasteiger partial charge in [-0.1, -0.05) is 19.1 Å². The fraction of sp³-hybridized carbons (Fsp3) is 0.167. The Labute approximate surface area is 92.8 Å². The molecule has 0 N–H and O–H groups in total. The normalized spacial score (nSPS) is 9.87. The highest BCUT2D eigenvalue weighted by molar-refractivity contribution is 7.09. The van der Waals surface area contributed by atoms with Crippen molar-refractivity contribution in [2.45, 2.75) is 13.3 Å². The maximum atomic E-state index is 8.79. The Morgan fingerprint density at radius 2 is 2.33 bits per heavy atom. The van der Waals surface area contributed by atoms with Crippen LogP contribution in [-0.4, -0.2) is 4.98 Å². The molecule has 0 saturated carbocycles. The van der Waals surface area contributed by atoms with Crippen LogP contribution in [-0.2, 0) is 6.42 Å². The summed E-state index contributed by atoms with van der Waals surface area (Å²) >= 11 is 1.66. The highest BCUT2D eigenvalue weighted by Gasteiger charge is 2.03. The average molecular weight is 214 g/mol. The number of nitrogens with zero attached hydrogens (tertiary/aromatic N) is 2. The Morgan fingerprint density at radius 3 is 3.00 bits per heavy atom. The van der Waals surface area contributed by atoms with E-state index in [1.165, 1.54) is 0 Å². The summed E-state index contributed by atoms with van der Waals surface area (Å²) < 4.78 is 0. The Morgan fingerprint density at radius 1 is 1.47 bits per heavy atom. The molecular formula is C12H10N2S. The third kappa shape index (κ3) is 2.05. The van der Waals surface area contributed by atoms with Crippen molar-refractivity contribution in [2.75, 3.05) is 0 Å². The van der Waals surface area contributed by atoms with Gasteiger partial charge in [0, 0.05) is 10.9 Å². The number of aromatic nitrogens is 1. The number of nitriles is 1. The molecule has 0 amide bonds. The van der Waals surface area contributed by atoms with Crippen molar-refractivity contribution in [3.8, 4) is 17.3 Å². The quantitative estimate of drug-likeness (QED) is 0.769. The molecule has 2 aromatic rings. The summed E-state index contributed by atoms with van der Waals surface area (Å²) in [6.07, 6.45) is 0.961. The third-order valence-electron chi connectivity index (χ3n) is 2.14. The van der Waals surface area contributed by atoms with Crippen molar-refractivity contribution in [1.82, 2.24) is 4.98 Å². The second-order valence-corrected chi connectivity index (χ2v) is 4.12. The van der Waals surface area contributed by atoms with Crippen molar-refractivity contribution in [1.29, 1.82) is 5.26 Å². The molecule has 0 aliphatic rings. The number of rotatable bonds is 2. The minimum absolute atomic E-state index is 0.679. The molecule has 0 bridgehead atoms.